The van der Waals surface area contributed by atoms with Crippen LogP contribution >= 0.6 is 11.6 Å². The van der Waals surface area contributed by atoms with Crippen molar-refractivity contribution in [1.29, 1.82) is 0 Å². The van der Waals surface area contributed by atoms with Crippen LogP contribution in [-0.4, -0.2) is 13.1 Å². The third-order valence-electron chi connectivity index (χ3n) is 2.83. The predicted octanol–water partition coefficient (Wildman–Crippen LogP) is 3.31. The molecular formula is C13H14ClN. The second-order valence-corrected chi connectivity index (χ2v) is 4.26. The molecule has 1 aliphatic rings. The Kier molecular flexibility index (Phi) is 3.18. The molecule has 2 heteroatoms. The number of nitrogens with zero attached hydrogens (tertiary/aromatic N) is 1. The molecule has 1 aromatic rings. The Morgan fingerprint density at radius 2 is 1.93 bits per heavy atom. The molecular weight excluding hydrogens is 206 g/mol. The zero-order valence-electron chi connectivity index (χ0n) is 8.67. The minimum absolute atomic E-state index is 0.681. The number of terminal acetylenes is 1. The monoisotopic (exact) mass is 219 g/mol. The van der Waals surface area contributed by atoms with Gasteiger partial charge in [0.05, 0.1) is 5.02 Å². The largest absolute Gasteiger partial charge is 0.371 e. The van der Waals surface area contributed by atoms with Gasteiger partial charge in [0.15, 0.2) is 0 Å². The molecule has 1 fully saturated rings. The minimum Gasteiger partial charge on any atom is -0.371 e. The molecule has 0 saturated carbocycles. The smallest absolute Gasteiger partial charge is 0.0583 e. The summed E-state index contributed by atoms with van der Waals surface area (Å²) in [7, 11) is 0. The van der Waals surface area contributed by atoms with Crippen LogP contribution in [0.4, 0.5) is 5.69 Å². The van der Waals surface area contributed by atoms with Crippen LogP contribution < -0.4 is 4.90 Å². The molecule has 1 nitrogen and oxygen atoms in total. The first-order chi connectivity index (χ1) is 7.31. The molecule has 0 spiro atoms. The van der Waals surface area contributed by atoms with Crippen LogP contribution in [0.1, 0.15) is 24.8 Å². The van der Waals surface area contributed by atoms with Crippen molar-refractivity contribution in [3.05, 3.63) is 28.8 Å². The molecule has 15 heavy (non-hydrogen) atoms. The van der Waals surface area contributed by atoms with Gasteiger partial charge in [0.25, 0.3) is 0 Å². The van der Waals surface area contributed by atoms with Crippen LogP contribution in [-0.2, 0) is 0 Å². The maximum Gasteiger partial charge on any atom is 0.0583 e. The van der Waals surface area contributed by atoms with Gasteiger partial charge in [0, 0.05) is 24.3 Å². The lowest BCUT2D eigenvalue weighted by atomic mass is 10.1. The topological polar surface area (TPSA) is 3.24 Å². The van der Waals surface area contributed by atoms with E-state index in [2.05, 4.69) is 16.9 Å². The zero-order chi connectivity index (χ0) is 10.7. The lowest BCUT2D eigenvalue weighted by molar-refractivity contribution is 0.578. The molecule has 0 aliphatic carbocycles. The van der Waals surface area contributed by atoms with Gasteiger partial charge < -0.3 is 4.90 Å². The molecule has 2 rings (SSSR count). The first kappa shape index (κ1) is 10.4. The number of benzene rings is 1. The van der Waals surface area contributed by atoms with E-state index in [9.17, 15) is 0 Å². The number of rotatable bonds is 1. The van der Waals surface area contributed by atoms with E-state index < -0.39 is 0 Å². The van der Waals surface area contributed by atoms with E-state index in [1.54, 1.807) is 0 Å². The quantitative estimate of drug-likeness (QED) is 0.655. The number of piperidine rings is 1. The number of hydrogen-bond donors (Lipinski definition) is 0. The van der Waals surface area contributed by atoms with Crippen LogP contribution in [0.2, 0.25) is 5.02 Å². The van der Waals surface area contributed by atoms with Gasteiger partial charge in [0.2, 0.25) is 0 Å². The van der Waals surface area contributed by atoms with Crippen molar-refractivity contribution >= 4 is 17.3 Å². The van der Waals surface area contributed by atoms with Crippen molar-refractivity contribution in [2.24, 2.45) is 0 Å². The minimum atomic E-state index is 0.681. The average molecular weight is 220 g/mol. The van der Waals surface area contributed by atoms with Crippen molar-refractivity contribution in [2.75, 3.05) is 18.0 Å². The highest BCUT2D eigenvalue weighted by molar-refractivity contribution is 6.32. The molecule has 0 atom stereocenters. The Labute approximate surface area is 96.0 Å². The van der Waals surface area contributed by atoms with Gasteiger partial charge >= 0.3 is 0 Å². The van der Waals surface area contributed by atoms with E-state index in [1.165, 1.54) is 24.9 Å². The van der Waals surface area contributed by atoms with Crippen molar-refractivity contribution in [1.82, 2.24) is 0 Å². The van der Waals surface area contributed by atoms with Crippen molar-refractivity contribution in [2.45, 2.75) is 19.3 Å². The molecule has 1 saturated heterocycles. The van der Waals surface area contributed by atoms with Crippen LogP contribution in [0.15, 0.2) is 18.2 Å². The van der Waals surface area contributed by atoms with Crippen molar-refractivity contribution in [3.63, 3.8) is 0 Å². The van der Waals surface area contributed by atoms with Crippen LogP contribution in [0.5, 0.6) is 0 Å². The average Bonchev–Trinajstić information content (AvgIpc) is 2.30. The number of hydrogen-bond acceptors (Lipinski definition) is 1. The third kappa shape index (κ3) is 2.27. The fourth-order valence-corrected chi connectivity index (χ4v) is 2.20. The van der Waals surface area contributed by atoms with Crippen LogP contribution in [0, 0.1) is 12.3 Å². The van der Waals surface area contributed by atoms with Crippen molar-refractivity contribution < 1.29 is 0 Å². The van der Waals surface area contributed by atoms with E-state index >= 15 is 0 Å². The Balaban J connectivity index is 2.22. The Bertz CT molecular complexity index is 386. The Morgan fingerprint density at radius 1 is 1.20 bits per heavy atom. The first-order valence-electron chi connectivity index (χ1n) is 5.32. The summed E-state index contributed by atoms with van der Waals surface area (Å²) in [5.41, 5.74) is 1.97. The predicted molar refractivity (Wildman–Crippen MR) is 65.5 cm³/mol. The second-order valence-electron chi connectivity index (χ2n) is 3.86. The van der Waals surface area contributed by atoms with E-state index in [4.69, 9.17) is 18.0 Å². The summed E-state index contributed by atoms with van der Waals surface area (Å²) >= 11 is 6.08. The van der Waals surface area contributed by atoms with Gasteiger partial charge in [-0.25, -0.2) is 0 Å². The van der Waals surface area contributed by atoms with Gasteiger partial charge in [-0.1, -0.05) is 17.5 Å². The summed E-state index contributed by atoms with van der Waals surface area (Å²) in [6.45, 7) is 2.26. The van der Waals surface area contributed by atoms with Crippen LogP contribution in [0.25, 0.3) is 0 Å². The zero-order valence-corrected chi connectivity index (χ0v) is 9.43. The van der Waals surface area contributed by atoms with Gasteiger partial charge in [-0.2, -0.15) is 0 Å². The second kappa shape index (κ2) is 4.59. The molecule has 1 aliphatic heterocycles. The Hall–Kier alpha value is -1.13. The molecule has 78 valence electrons. The van der Waals surface area contributed by atoms with Crippen molar-refractivity contribution in [3.8, 4) is 12.3 Å². The number of anilines is 1. The van der Waals surface area contributed by atoms with E-state index in [0.717, 1.165) is 18.7 Å². The number of halogens is 1. The van der Waals surface area contributed by atoms with E-state index in [0.29, 0.717) is 5.02 Å². The molecule has 0 unspecified atom stereocenters. The van der Waals surface area contributed by atoms with Gasteiger partial charge in [-0.15, -0.1) is 6.42 Å². The lowest BCUT2D eigenvalue weighted by Gasteiger charge is -2.29. The lowest BCUT2D eigenvalue weighted by Crippen LogP contribution is -2.29. The molecule has 0 amide bonds. The summed E-state index contributed by atoms with van der Waals surface area (Å²) in [5.74, 6) is 2.57. The molecule has 0 bridgehead atoms. The standard InChI is InChI=1S/C13H14ClN/c1-2-11-6-7-12(10-13(11)14)15-8-4-3-5-9-15/h1,6-7,10H,3-5,8-9H2. The maximum absolute atomic E-state index is 6.08. The summed E-state index contributed by atoms with van der Waals surface area (Å²) in [6.07, 6.45) is 9.22. The van der Waals surface area contributed by atoms with E-state index in [1.807, 2.05) is 12.1 Å². The molecule has 1 heterocycles. The highest BCUT2D eigenvalue weighted by Crippen LogP contribution is 2.25. The van der Waals surface area contributed by atoms with E-state index in [-0.39, 0.29) is 0 Å². The fourth-order valence-electron chi connectivity index (χ4n) is 1.97. The van der Waals surface area contributed by atoms with Crippen LogP contribution in [0.3, 0.4) is 0 Å². The molecule has 1 aromatic carbocycles. The first-order valence-corrected chi connectivity index (χ1v) is 5.70. The maximum atomic E-state index is 6.08. The summed E-state index contributed by atoms with van der Waals surface area (Å²) in [4.78, 5) is 2.37. The highest BCUT2D eigenvalue weighted by atomic mass is 35.5. The molecule has 0 N–H and O–H groups in total. The normalized spacial score (nSPS) is 16.1. The SMILES string of the molecule is C#Cc1ccc(N2CCCCC2)cc1Cl. The summed E-state index contributed by atoms with van der Waals surface area (Å²) < 4.78 is 0. The Morgan fingerprint density at radius 3 is 2.53 bits per heavy atom. The fraction of sp³-hybridized carbons (Fsp3) is 0.385. The molecule has 0 radical (unpaired) electrons. The van der Waals surface area contributed by atoms with Gasteiger partial charge in [-0.3, -0.25) is 0 Å². The van der Waals surface area contributed by atoms with Gasteiger partial charge in [0.1, 0.15) is 0 Å². The summed E-state index contributed by atoms with van der Waals surface area (Å²) in [5, 5.41) is 0.681. The highest BCUT2D eigenvalue weighted by Gasteiger charge is 2.11. The summed E-state index contributed by atoms with van der Waals surface area (Å²) in [6, 6.07) is 5.96. The third-order valence-corrected chi connectivity index (χ3v) is 3.14. The molecule has 0 aromatic heterocycles. The van der Waals surface area contributed by atoms with Gasteiger partial charge in [-0.05, 0) is 37.5 Å².